The second-order valence-corrected chi connectivity index (χ2v) is 8.31. The lowest BCUT2D eigenvalue weighted by Gasteiger charge is -2.47. The van der Waals surface area contributed by atoms with Crippen LogP contribution in [0.25, 0.3) is 0 Å². The molecule has 0 aromatic heterocycles. The van der Waals surface area contributed by atoms with Gasteiger partial charge in [0.1, 0.15) is 24.1 Å². The lowest BCUT2D eigenvalue weighted by Crippen LogP contribution is -2.64. The number of non-ortho nitro benzene ring substituents is 1. The quantitative estimate of drug-likeness (QED) is 0.312. The molecule has 186 valence electrons. The van der Waals surface area contributed by atoms with Crippen LogP contribution in [0.2, 0.25) is 0 Å². The molecular formula is C26H23NO9. The summed E-state index contributed by atoms with van der Waals surface area (Å²) in [6, 6.07) is 22.9. The molecule has 36 heavy (non-hydrogen) atoms. The second kappa shape index (κ2) is 10.4. The fourth-order valence-corrected chi connectivity index (χ4v) is 4.11. The van der Waals surface area contributed by atoms with Crippen molar-refractivity contribution in [2.45, 2.75) is 37.0 Å². The van der Waals surface area contributed by atoms with Gasteiger partial charge in [-0.05, 0) is 24.3 Å². The largest absolute Gasteiger partial charge is 0.461 e. The summed E-state index contributed by atoms with van der Waals surface area (Å²) in [5.74, 6) is -0.442. The van der Waals surface area contributed by atoms with Gasteiger partial charge in [-0.25, -0.2) is 4.79 Å². The van der Waals surface area contributed by atoms with E-state index in [2.05, 4.69) is 0 Å². The molecule has 3 aromatic rings. The molecule has 2 heterocycles. The number of nitrogens with zero attached hydrogens (tertiary/aromatic N) is 1. The van der Waals surface area contributed by atoms with Crippen LogP contribution in [0.15, 0.2) is 84.9 Å². The number of carbonyl (C=O) groups is 1. The van der Waals surface area contributed by atoms with Crippen LogP contribution in [0, 0.1) is 10.1 Å². The number of ether oxygens (including phenoxy) is 5. The highest BCUT2D eigenvalue weighted by atomic mass is 16.8. The molecule has 2 aliphatic heterocycles. The molecule has 0 saturated carbocycles. The predicted octanol–water partition coefficient (Wildman–Crippen LogP) is 3.40. The van der Waals surface area contributed by atoms with Gasteiger partial charge in [-0.1, -0.05) is 48.5 Å². The smallest absolute Gasteiger partial charge is 0.338 e. The van der Waals surface area contributed by atoms with E-state index in [-0.39, 0.29) is 23.6 Å². The average molecular weight is 493 g/mol. The van der Waals surface area contributed by atoms with E-state index in [0.29, 0.717) is 0 Å². The second-order valence-electron chi connectivity index (χ2n) is 8.31. The van der Waals surface area contributed by atoms with Crippen molar-refractivity contribution >= 4 is 11.7 Å². The standard InChI is InChI=1S/C26H23NO9/c28-21-22-20(15-32-25(36-22)17-9-5-2-6-10-17)34-26(33-19-13-11-18(12-14-19)27(30)31)23(21)35-24(29)16-7-3-1-4-8-16/h1-14,20-23,25-26,28H,15H2/t20-,21-,22-,23+,25-,26+/m0/s1. The molecule has 0 radical (unpaired) electrons. The zero-order valence-electron chi connectivity index (χ0n) is 18.9. The summed E-state index contributed by atoms with van der Waals surface area (Å²) >= 11 is 0. The number of nitro benzene ring substituents is 1. The van der Waals surface area contributed by atoms with Crippen LogP contribution < -0.4 is 4.74 Å². The third-order valence-electron chi connectivity index (χ3n) is 5.93. The van der Waals surface area contributed by atoms with Gasteiger partial charge >= 0.3 is 5.97 Å². The first-order valence-corrected chi connectivity index (χ1v) is 11.3. The summed E-state index contributed by atoms with van der Waals surface area (Å²) in [7, 11) is 0. The van der Waals surface area contributed by atoms with E-state index in [9.17, 15) is 20.0 Å². The van der Waals surface area contributed by atoms with Gasteiger partial charge in [-0.3, -0.25) is 10.1 Å². The molecule has 6 atom stereocenters. The van der Waals surface area contributed by atoms with E-state index in [1.54, 1.807) is 30.3 Å². The lowest BCUT2D eigenvalue weighted by atomic mass is 9.97. The highest BCUT2D eigenvalue weighted by Crippen LogP contribution is 2.36. The highest BCUT2D eigenvalue weighted by Gasteiger charge is 2.52. The topological polar surface area (TPSA) is 127 Å². The van der Waals surface area contributed by atoms with Gasteiger partial charge in [-0.15, -0.1) is 0 Å². The molecule has 5 rings (SSSR count). The van der Waals surface area contributed by atoms with Crippen molar-refractivity contribution in [3.63, 3.8) is 0 Å². The number of rotatable bonds is 6. The summed E-state index contributed by atoms with van der Waals surface area (Å²) in [5, 5.41) is 22.2. The number of aliphatic hydroxyl groups excluding tert-OH is 1. The minimum Gasteiger partial charge on any atom is -0.461 e. The number of aliphatic hydroxyl groups is 1. The van der Waals surface area contributed by atoms with Gasteiger partial charge in [0, 0.05) is 17.7 Å². The van der Waals surface area contributed by atoms with E-state index in [1.165, 1.54) is 24.3 Å². The van der Waals surface area contributed by atoms with Crippen molar-refractivity contribution < 1.29 is 38.5 Å². The molecule has 2 saturated heterocycles. The molecule has 0 spiro atoms. The predicted molar refractivity (Wildman–Crippen MR) is 124 cm³/mol. The van der Waals surface area contributed by atoms with Crippen LogP contribution in [0.5, 0.6) is 5.75 Å². The van der Waals surface area contributed by atoms with Gasteiger partial charge in [-0.2, -0.15) is 0 Å². The fraction of sp³-hybridized carbons (Fsp3) is 0.269. The fourth-order valence-electron chi connectivity index (χ4n) is 4.11. The van der Waals surface area contributed by atoms with Gasteiger partial charge in [0.15, 0.2) is 12.4 Å². The Morgan fingerprint density at radius 1 is 0.944 bits per heavy atom. The van der Waals surface area contributed by atoms with Crippen molar-refractivity contribution in [2.24, 2.45) is 0 Å². The molecule has 3 aromatic carbocycles. The molecule has 0 unspecified atom stereocenters. The average Bonchev–Trinajstić information content (AvgIpc) is 2.92. The van der Waals surface area contributed by atoms with Crippen LogP contribution in [-0.2, 0) is 18.9 Å². The number of nitro groups is 1. The molecule has 2 aliphatic rings. The van der Waals surface area contributed by atoms with Crippen molar-refractivity contribution in [3.8, 4) is 5.75 Å². The maximum absolute atomic E-state index is 12.8. The molecule has 2 fully saturated rings. The van der Waals surface area contributed by atoms with E-state index in [4.69, 9.17) is 23.7 Å². The zero-order valence-corrected chi connectivity index (χ0v) is 18.9. The van der Waals surface area contributed by atoms with Crippen molar-refractivity contribution in [3.05, 3.63) is 106 Å². The molecule has 0 bridgehead atoms. The van der Waals surface area contributed by atoms with Crippen LogP contribution in [0.3, 0.4) is 0 Å². The molecule has 1 N–H and O–H groups in total. The monoisotopic (exact) mass is 493 g/mol. The van der Waals surface area contributed by atoms with Crippen molar-refractivity contribution in [1.82, 2.24) is 0 Å². The molecule has 10 heteroatoms. The normalized spacial score (nSPS) is 27.5. The Kier molecular flexibility index (Phi) is 6.92. The van der Waals surface area contributed by atoms with Gasteiger partial charge < -0.3 is 28.8 Å². The third-order valence-corrected chi connectivity index (χ3v) is 5.93. The number of carbonyl (C=O) groups excluding carboxylic acids is 1. The van der Waals surface area contributed by atoms with Crippen LogP contribution in [-0.4, -0.2) is 53.3 Å². The molecular weight excluding hydrogens is 470 g/mol. The van der Waals surface area contributed by atoms with Crippen molar-refractivity contribution in [1.29, 1.82) is 0 Å². The number of hydrogen-bond donors (Lipinski definition) is 1. The Morgan fingerprint density at radius 2 is 1.61 bits per heavy atom. The van der Waals surface area contributed by atoms with Gasteiger partial charge in [0.05, 0.1) is 17.1 Å². The summed E-state index contributed by atoms with van der Waals surface area (Å²) < 4.78 is 29.4. The highest BCUT2D eigenvalue weighted by molar-refractivity contribution is 5.89. The first-order chi connectivity index (χ1) is 17.5. The van der Waals surface area contributed by atoms with Crippen LogP contribution in [0.1, 0.15) is 22.2 Å². The minimum absolute atomic E-state index is 0.0980. The van der Waals surface area contributed by atoms with E-state index in [1.807, 2.05) is 30.3 Å². The zero-order chi connectivity index (χ0) is 25.1. The van der Waals surface area contributed by atoms with Gasteiger partial charge in [0.25, 0.3) is 5.69 Å². The molecule has 10 nitrogen and oxygen atoms in total. The minimum atomic E-state index is -1.31. The van der Waals surface area contributed by atoms with E-state index >= 15 is 0 Å². The Bertz CT molecular complexity index is 1190. The third kappa shape index (κ3) is 5.07. The van der Waals surface area contributed by atoms with Gasteiger partial charge in [0.2, 0.25) is 6.29 Å². The Hall–Kier alpha value is -3.83. The summed E-state index contributed by atoms with van der Waals surface area (Å²) in [6.45, 7) is 0.0980. The first kappa shape index (κ1) is 23.9. The molecule has 0 aliphatic carbocycles. The maximum Gasteiger partial charge on any atom is 0.338 e. The van der Waals surface area contributed by atoms with Crippen LogP contribution in [0.4, 0.5) is 5.69 Å². The molecule has 0 amide bonds. The summed E-state index contributed by atoms with van der Waals surface area (Å²) in [6.07, 6.45) is -6.11. The Morgan fingerprint density at radius 3 is 2.28 bits per heavy atom. The maximum atomic E-state index is 12.8. The SMILES string of the molecule is O=C(O[C@H]1[C@H](Oc2ccc([N+](=O)[O-])cc2)O[C@H]2CO[C@H](c3ccccc3)O[C@@H]2[C@@H]1O)c1ccccc1. The summed E-state index contributed by atoms with van der Waals surface area (Å²) in [4.78, 5) is 23.3. The Balaban J connectivity index is 1.38. The van der Waals surface area contributed by atoms with Crippen molar-refractivity contribution in [2.75, 3.05) is 6.61 Å². The number of fused-ring (bicyclic) bond motifs is 1. The lowest BCUT2D eigenvalue weighted by molar-refractivity contribution is -0.384. The number of benzene rings is 3. The van der Waals surface area contributed by atoms with Crippen LogP contribution >= 0.6 is 0 Å². The summed E-state index contributed by atoms with van der Waals surface area (Å²) in [5.41, 5.74) is 0.946. The first-order valence-electron chi connectivity index (χ1n) is 11.3. The Labute approximate surface area is 206 Å². The van der Waals surface area contributed by atoms with E-state index in [0.717, 1.165) is 5.56 Å². The number of esters is 1. The van der Waals surface area contributed by atoms with E-state index < -0.39 is 47.9 Å². The number of hydrogen-bond acceptors (Lipinski definition) is 9.